The number of benzene rings is 2. The fraction of sp³-hybridized carbons (Fsp3) is 0.273. The van der Waals surface area contributed by atoms with Crippen molar-refractivity contribution in [2.75, 3.05) is 25.1 Å². The second-order valence-corrected chi connectivity index (χ2v) is 6.94. The number of carbonyl (C=O) groups is 2. The van der Waals surface area contributed by atoms with Crippen LogP contribution < -0.4 is 9.64 Å². The number of amides is 2. The van der Waals surface area contributed by atoms with Gasteiger partial charge in [-0.15, -0.1) is 0 Å². The maximum absolute atomic E-state index is 12.8. The van der Waals surface area contributed by atoms with E-state index in [1.54, 1.807) is 24.1 Å². The molecule has 0 saturated carbocycles. The van der Waals surface area contributed by atoms with Gasteiger partial charge < -0.3 is 14.5 Å². The highest BCUT2D eigenvalue weighted by molar-refractivity contribution is 6.34. The van der Waals surface area contributed by atoms with Crippen molar-refractivity contribution < 1.29 is 14.3 Å². The third-order valence-corrected chi connectivity index (χ3v) is 5.06. The lowest BCUT2D eigenvalue weighted by Gasteiger charge is -2.23. The van der Waals surface area contributed by atoms with Crippen molar-refractivity contribution in [2.45, 2.75) is 19.4 Å². The minimum atomic E-state index is -0.492. The van der Waals surface area contributed by atoms with Crippen LogP contribution in [0.25, 0.3) is 6.08 Å². The van der Waals surface area contributed by atoms with Crippen molar-refractivity contribution in [3.8, 4) is 5.75 Å². The molecule has 2 aromatic rings. The van der Waals surface area contributed by atoms with Gasteiger partial charge in [-0.25, -0.2) is 0 Å². The number of nitrogens with zero attached hydrogens (tertiary/aromatic N) is 2. The Bertz CT molecular complexity index is 880. The first-order chi connectivity index (χ1) is 13.5. The number of ether oxygens (including phenoxy) is 1. The van der Waals surface area contributed by atoms with Gasteiger partial charge in [0.25, 0.3) is 0 Å². The summed E-state index contributed by atoms with van der Waals surface area (Å²) < 4.78 is 5.41. The van der Waals surface area contributed by atoms with Crippen molar-refractivity contribution in [1.82, 2.24) is 4.90 Å². The van der Waals surface area contributed by atoms with Gasteiger partial charge in [-0.05, 0) is 49.2 Å². The summed E-state index contributed by atoms with van der Waals surface area (Å²) in [5.74, 6) is 0.464. The largest absolute Gasteiger partial charge is 0.494 e. The fourth-order valence-corrected chi connectivity index (χ4v) is 3.45. The maximum Gasteiger partial charge on any atom is 0.249 e. The average molecular weight is 399 g/mol. The molecule has 2 aromatic carbocycles. The standard InChI is InChI=1S/C22H23ClN2O3/c1-3-28-17-11-8-16(9-12-17)10-13-21(26)24(2)20-14-15-25(22(20)27)19-7-5-4-6-18(19)23/h4-13,20H,3,14-15H2,1-2H3. The quantitative estimate of drug-likeness (QED) is 0.690. The van der Waals surface area contributed by atoms with Gasteiger partial charge in [-0.2, -0.15) is 0 Å². The highest BCUT2D eigenvalue weighted by atomic mass is 35.5. The molecule has 2 amide bonds. The Morgan fingerprint density at radius 3 is 2.64 bits per heavy atom. The van der Waals surface area contributed by atoms with E-state index in [1.807, 2.05) is 49.4 Å². The zero-order valence-corrected chi connectivity index (χ0v) is 16.7. The molecule has 1 unspecified atom stereocenters. The first-order valence-corrected chi connectivity index (χ1v) is 9.62. The Kier molecular flexibility index (Phi) is 6.37. The third kappa shape index (κ3) is 4.37. The van der Waals surface area contributed by atoms with Crippen LogP contribution in [0.4, 0.5) is 5.69 Å². The average Bonchev–Trinajstić information content (AvgIpc) is 3.08. The van der Waals surface area contributed by atoms with Crippen molar-refractivity contribution in [1.29, 1.82) is 0 Å². The van der Waals surface area contributed by atoms with Crippen molar-refractivity contribution in [3.05, 3.63) is 65.2 Å². The number of hydrogen-bond donors (Lipinski definition) is 0. The Morgan fingerprint density at radius 1 is 1.25 bits per heavy atom. The topological polar surface area (TPSA) is 49.9 Å². The van der Waals surface area contributed by atoms with Gasteiger partial charge in [0.2, 0.25) is 11.8 Å². The van der Waals surface area contributed by atoms with Crippen molar-refractivity contribution >= 4 is 35.2 Å². The molecule has 1 fully saturated rings. The normalized spacial score (nSPS) is 16.6. The minimum absolute atomic E-state index is 0.113. The van der Waals surface area contributed by atoms with E-state index in [0.29, 0.717) is 30.3 Å². The van der Waals surface area contributed by atoms with E-state index < -0.39 is 6.04 Å². The molecule has 0 spiro atoms. The van der Waals surface area contributed by atoms with Crippen LogP contribution in [-0.2, 0) is 9.59 Å². The van der Waals surface area contributed by atoms with Gasteiger partial charge in [0.15, 0.2) is 0 Å². The van der Waals surface area contributed by atoms with Gasteiger partial charge in [-0.3, -0.25) is 9.59 Å². The van der Waals surface area contributed by atoms with Gasteiger partial charge in [-0.1, -0.05) is 35.9 Å². The van der Waals surface area contributed by atoms with Crippen LogP contribution in [0, 0.1) is 0 Å². The van der Waals surface area contributed by atoms with Crippen LogP contribution in [-0.4, -0.2) is 43.0 Å². The molecule has 28 heavy (non-hydrogen) atoms. The molecule has 3 rings (SSSR count). The molecule has 0 aromatic heterocycles. The highest BCUT2D eigenvalue weighted by Gasteiger charge is 2.37. The van der Waals surface area contributed by atoms with Crippen LogP contribution >= 0.6 is 11.6 Å². The summed E-state index contributed by atoms with van der Waals surface area (Å²) in [4.78, 5) is 28.5. The van der Waals surface area contributed by atoms with Gasteiger partial charge in [0, 0.05) is 19.7 Å². The summed E-state index contributed by atoms with van der Waals surface area (Å²) in [6.45, 7) is 3.08. The molecule has 0 N–H and O–H groups in total. The smallest absolute Gasteiger partial charge is 0.249 e. The van der Waals surface area contributed by atoms with Crippen LogP contribution in [0.2, 0.25) is 5.02 Å². The summed E-state index contributed by atoms with van der Waals surface area (Å²) in [5.41, 5.74) is 1.57. The number of anilines is 1. The molecule has 5 nitrogen and oxygen atoms in total. The second kappa shape index (κ2) is 8.93. The van der Waals surface area contributed by atoms with Gasteiger partial charge in [0.1, 0.15) is 11.8 Å². The summed E-state index contributed by atoms with van der Waals surface area (Å²) >= 11 is 6.21. The van der Waals surface area contributed by atoms with Gasteiger partial charge >= 0.3 is 0 Å². The second-order valence-electron chi connectivity index (χ2n) is 6.53. The maximum atomic E-state index is 12.8. The molecular weight excluding hydrogens is 376 g/mol. The molecule has 1 atom stereocenters. The van der Waals surface area contributed by atoms with Gasteiger partial charge in [0.05, 0.1) is 17.3 Å². The molecule has 1 saturated heterocycles. The van der Waals surface area contributed by atoms with E-state index in [2.05, 4.69) is 0 Å². The zero-order valence-electron chi connectivity index (χ0n) is 16.0. The summed E-state index contributed by atoms with van der Waals surface area (Å²) in [7, 11) is 1.66. The number of hydrogen-bond acceptors (Lipinski definition) is 3. The third-order valence-electron chi connectivity index (χ3n) is 4.75. The molecular formula is C22H23ClN2O3. The van der Waals surface area contributed by atoms with E-state index in [9.17, 15) is 9.59 Å². The first kappa shape index (κ1) is 20.0. The van der Waals surface area contributed by atoms with Crippen LogP contribution in [0.5, 0.6) is 5.75 Å². The van der Waals surface area contributed by atoms with E-state index >= 15 is 0 Å². The first-order valence-electron chi connectivity index (χ1n) is 9.25. The monoisotopic (exact) mass is 398 g/mol. The lowest BCUT2D eigenvalue weighted by atomic mass is 10.2. The van der Waals surface area contributed by atoms with Crippen molar-refractivity contribution in [2.24, 2.45) is 0 Å². The summed E-state index contributed by atoms with van der Waals surface area (Å²) in [6.07, 6.45) is 3.80. The molecule has 0 radical (unpaired) electrons. The number of rotatable bonds is 6. The molecule has 0 bridgehead atoms. The van der Waals surface area contributed by atoms with E-state index in [4.69, 9.17) is 16.3 Å². The van der Waals surface area contributed by atoms with Crippen molar-refractivity contribution in [3.63, 3.8) is 0 Å². The Balaban J connectivity index is 1.65. The van der Waals surface area contributed by atoms with Crippen LogP contribution in [0.3, 0.4) is 0 Å². The lowest BCUT2D eigenvalue weighted by Crippen LogP contribution is -2.42. The number of halogens is 1. The summed E-state index contributed by atoms with van der Waals surface area (Å²) in [5, 5.41) is 0.529. The predicted molar refractivity (Wildman–Crippen MR) is 112 cm³/mol. The predicted octanol–water partition coefficient (Wildman–Crippen LogP) is 4.02. The Labute approximate surface area is 170 Å². The molecule has 1 aliphatic rings. The zero-order chi connectivity index (χ0) is 20.1. The molecule has 146 valence electrons. The minimum Gasteiger partial charge on any atom is -0.494 e. The lowest BCUT2D eigenvalue weighted by molar-refractivity contribution is -0.132. The van der Waals surface area contributed by atoms with Crippen LogP contribution in [0.1, 0.15) is 18.9 Å². The van der Waals surface area contributed by atoms with E-state index in [-0.39, 0.29) is 11.8 Å². The molecule has 1 aliphatic heterocycles. The van der Waals surface area contributed by atoms with Crippen LogP contribution in [0.15, 0.2) is 54.6 Å². The number of likely N-dealkylation sites (N-methyl/N-ethyl adjacent to an activating group) is 1. The number of carbonyl (C=O) groups excluding carboxylic acids is 2. The Hall–Kier alpha value is -2.79. The molecule has 0 aliphatic carbocycles. The Morgan fingerprint density at radius 2 is 1.96 bits per heavy atom. The fourth-order valence-electron chi connectivity index (χ4n) is 3.21. The number of para-hydroxylation sites is 1. The highest BCUT2D eigenvalue weighted by Crippen LogP contribution is 2.30. The molecule has 1 heterocycles. The molecule has 6 heteroatoms. The van der Waals surface area contributed by atoms with E-state index in [0.717, 1.165) is 11.3 Å². The summed E-state index contributed by atoms with van der Waals surface area (Å²) in [6, 6.07) is 14.2. The SMILES string of the molecule is CCOc1ccc(C=CC(=O)N(C)C2CCN(c3ccccc3Cl)C2=O)cc1. The van der Waals surface area contributed by atoms with E-state index in [1.165, 1.54) is 11.0 Å².